The molecule has 0 spiro atoms. The van der Waals surface area contributed by atoms with Crippen LogP contribution in [0.15, 0.2) is 24.4 Å². The number of nitrogens with zero attached hydrogens (tertiary/aromatic N) is 4. The van der Waals surface area contributed by atoms with Gasteiger partial charge in [-0.2, -0.15) is 0 Å². The third-order valence-corrected chi connectivity index (χ3v) is 3.60. The molecule has 0 aliphatic carbocycles. The van der Waals surface area contributed by atoms with E-state index in [2.05, 4.69) is 31.2 Å². The molecular weight excluding hydrogens is 278 g/mol. The van der Waals surface area contributed by atoms with E-state index in [9.17, 15) is 0 Å². The van der Waals surface area contributed by atoms with Crippen LogP contribution in [0.1, 0.15) is 17.0 Å². The SMILES string of the molecule is Cc1cc(C)nc(NCc2cccnc2N2CCOCC2)n1. The molecule has 1 aliphatic rings. The highest BCUT2D eigenvalue weighted by atomic mass is 16.5. The van der Waals surface area contributed by atoms with Crippen LogP contribution < -0.4 is 10.2 Å². The molecule has 0 amide bonds. The van der Waals surface area contributed by atoms with Crippen molar-refractivity contribution in [1.82, 2.24) is 15.0 Å². The van der Waals surface area contributed by atoms with Gasteiger partial charge in [-0.25, -0.2) is 15.0 Å². The lowest BCUT2D eigenvalue weighted by Gasteiger charge is -2.29. The van der Waals surface area contributed by atoms with Gasteiger partial charge >= 0.3 is 0 Å². The molecule has 2 aromatic heterocycles. The van der Waals surface area contributed by atoms with Crippen molar-refractivity contribution in [2.75, 3.05) is 36.5 Å². The van der Waals surface area contributed by atoms with Gasteiger partial charge in [0.25, 0.3) is 0 Å². The Balaban J connectivity index is 1.74. The molecule has 1 aliphatic heterocycles. The van der Waals surface area contributed by atoms with E-state index >= 15 is 0 Å². The van der Waals surface area contributed by atoms with E-state index in [1.54, 1.807) is 0 Å². The molecule has 116 valence electrons. The van der Waals surface area contributed by atoms with E-state index in [-0.39, 0.29) is 0 Å². The Hall–Kier alpha value is -2.21. The highest BCUT2D eigenvalue weighted by Gasteiger charge is 2.15. The third-order valence-electron chi connectivity index (χ3n) is 3.60. The molecule has 0 aromatic carbocycles. The Morgan fingerprint density at radius 2 is 1.91 bits per heavy atom. The van der Waals surface area contributed by atoms with Crippen LogP contribution in [0.5, 0.6) is 0 Å². The van der Waals surface area contributed by atoms with Gasteiger partial charge < -0.3 is 15.0 Å². The first-order valence-electron chi connectivity index (χ1n) is 7.55. The topological polar surface area (TPSA) is 63.2 Å². The zero-order chi connectivity index (χ0) is 15.4. The molecule has 0 unspecified atom stereocenters. The molecule has 1 N–H and O–H groups in total. The Bertz CT molecular complexity index is 620. The molecule has 3 rings (SSSR count). The Labute approximate surface area is 130 Å². The number of anilines is 2. The fourth-order valence-electron chi connectivity index (χ4n) is 2.61. The molecule has 22 heavy (non-hydrogen) atoms. The number of hydrogen-bond donors (Lipinski definition) is 1. The van der Waals surface area contributed by atoms with Crippen LogP contribution in [0.4, 0.5) is 11.8 Å². The average Bonchev–Trinajstić information content (AvgIpc) is 2.53. The Morgan fingerprint density at radius 3 is 2.64 bits per heavy atom. The summed E-state index contributed by atoms with van der Waals surface area (Å²) in [6, 6.07) is 6.02. The highest BCUT2D eigenvalue weighted by molar-refractivity contribution is 5.48. The maximum absolute atomic E-state index is 5.41. The molecule has 1 saturated heterocycles. The van der Waals surface area contributed by atoms with Crippen molar-refractivity contribution in [2.24, 2.45) is 0 Å². The van der Waals surface area contributed by atoms with Gasteiger partial charge in [0.15, 0.2) is 0 Å². The average molecular weight is 299 g/mol. The molecule has 0 saturated carbocycles. The van der Waals surface area contributed by atoms with Crippen LogP contribution in [0.3, 0.4) is 0 Å². The van der Waals surface area contributed by atoms with Crippen molar-refractivity contribution in [3.63, 3.8) is 0 Å². The van der Waals surface area contributed by atoms with Gasteiger partial charge in [0.2, 0.25) is 5.95 Å². The second-order valence-electron chi connectivity index (χ2n) is 5.41. The van der Waals surface area contributed by atoms with Gasteiger partial charge in [-0.15, -0.1) is 0 Å². The summed E-state index contributed by atoms with van der Waals surface area (Å²) >= 11 is 0. The minimum atomic E-state index is 0.656. The molecule has 0 radical (unpaired) electrons. The number of hydrogen-bond acceptors (Lipinski definition) is 6. The molecule has 0 atom stereocenters. The van der Waals surface area contributed by atoms with Crippen LogP contribution in [-0.4, -0.2) is 41.3 Å². The van der Waals surface area contributed by atoms with E-state index in [1.807, 2.05) is 32.2 Å². The van der Waals surface area contributed by atoms with Gasteiger partial charge in [0.1, 0.15) is 5.82 Å². The third kappa shape index (κ3) is 3.51. The standard InChI is InChI=1S/C16H21N5O/c1-12-10-13(2)20-16(19-12)18-11-14-4-3-5-17-15(14)21-6-8-22-9-7-21/h3-5,10H,6-9,11H2,1-2H3,(H,18,19,20). The van der Waals surface area contributed by atoms with Crippen LogP contribution in [0, 0.1) is 13.8 Å². The van der Waals surface area contributed by atoms with Crippen molar-refractivity contribution in [3.8, 4) is 0 Å². The summed E-state index contributed by atoms with van der Waals surface area (Å²) < 4.78 is 5.41. The van der Waals surface area contributed by atoms with Gasteiger partial charge in [-0.05, 0) is 26.0 Å². The fourth-order valence-corrected chi connectivity index (χ4v) is 2.61. The molecule has 0 bridgehead atoms. The first-order valence-corrected chi connectivity index (χ1v) is 7.55. The number of aryl methyl sites for hydroxylation is 2. The highest BCUT2D eigenvalue weighted by Crippen LogP contribution is 2.19. The van der Waals surface area contributed by atoms with Gasteiger partial charge in [-0.3, -0.25) is 0 Å². The van der Waals surface area contributed by atoms with Gasteiger partial charge in [0.05, 0.1) is 13.2 Å². The summed E-state index contributed by atoms with van der Waals surface area (Å²) in [5, 5.41) is 3.30. The summed E-state index contributed by atoms with van der Waals surface area (Å²) in [4.78, 5) is 15.6. The maximum atomic E-state index is 5.41. The number of pyridine rings is 1. The Morgan fingerprint density at radius 1 is 1.18 bits per heavy atom. The van der Waals surface area contributed by atoms with Crippen LogP contribution >= 0.6 is 0 Å². The zero-order valence-corrected chi connectivity index (χ0v) is 13.0. The summed E-state index contributed by atoms with van der Waals surface area (Å²) in [5.74, 6) is 1.68. The molecule has 6 heteroatoms. The van der Waals surface area contributed by atoms with Crippen molar-refractivity contribution < 1.29 is 4.74 Å². The lowest BCUT2D eigenvalue weighted by atomic mass is 10.2. The predicted octanol–water partition coefficient (Wildman–Crippen LogP) is 1.94. The largest absolute Gasteiger partial charge is 0.378 e. The molecular formula is C16H21N5O. The maximum Gasteiger partial charge on any atom is 0.223 e. The zero-order valence-electron chi connectivity index (χ0n) is 13.0. The van der Waals surface area contributed by atoms with E-state index in [1.165, 1.54) is 0 Å². The van der Waals surface area contributed by atoms with Crippen molar-refractivity contribution in [3.05, 3.63) is 41.3 Å². The number of rotatable bonds is 4. The molecule has 2 aromatic rings. The minimum absolute atomic E-state index is 0.656. The minimum Gasteiger partial charge on any atom is -0.378 e. The van der Waals surface area contributed by atoms with Crippen LogP contribution in [0.25, 0.3) is 0 Å². The van der Waals surface area contributed by atoms with Crippen LogP contribution in [-0.2, 0) is 11.3 Å². The number of nitrogens with one attached hydrogen (secondary N) is 1. The summed E-state index contributed by atoms with van der Waals surface area (Å²) in [7, 11) is 0. The number of aromatic nitrogens is 3. The monoisotopic (exact) mass is 299 g/mol. The quantitative estimate of drug-likeness (QED) is 0.931. The first kappa shape index (κ1) is 14.7. The second kappa shape index (κ2) is 6.70. The lowest BCUT2D eigenvalue weighted by Crippen LogP contribution is -2.37. The van der Waals surface area contributed by atoms with E-state index in [0.717, 1.165) is 49.1 Å². The number of ether oxygens (including phenoxy) is 1. The van der Waals surface area contributed by atoms with Crippen molar-refractivity contribution in [1.29, 1.82) is 0 Å². The Kier molecular flexibility index (Phi) is 4.48. The fraction of sp³-hybridized carbons (Fsp3) is 0.438. The predicted molar refractivity (Wildman–Crippen MR) is 86.1 cm³/mol. The van der Waals surface area contributed by atoms with Gasteiger partial charge in [0, 0.05) is 42.8 Å². The van der Waals surface area contributed by atoms with Gasteiger partial charge in [-0.1, -0.05) is 6.07 Å². The van der Waals surface area contributed by atoms with Crippen molar-refractivity contribution in [2.45, 2.75) is 20.4 Å². The lowest BCUT2D eigenvalue weighted by molar-refractivity contribution is 0.122. The number of morpholine rings is 1. The van der Waals surface area contributed by atoms with Crippen molar-refractivity contribution >= 4 is 11.8 Å². The first-order chi connectivity index (χ1) is 10.7. The van der Waals surface area contributed by atoms with E-state index < -0.39 is 0 Å². The van der Waals surface area contributed by atoms with E-state index in [4.69, 9.17) is 4.74 Å². The molecule has 1 fully saturated rings. The summed E-state index contributed by atoms with van der Waals surface area (Å²) in [6.07, 6.45) is 1.83. The normalized spacial score (nSPS) is 14.9. The second-order valence-corrected chi connectivity index (χ2v) is 5.41. The summed E-state index contributed by atoms with van der Waals surface area (Å²) in [5.41, 5.74) is 3.08. The molecule has 6 nitrogen and oxygen atoms in total. The summed E-state index contributed by atoms with van der Waals surface area (Å²) in [6.45, 7) is 7.87. The smallest absolute Gasteiger partial charge is 0.223 e. The molecule has 3 heterocycles. The van der Waals surface area contributed by atoms with Crippen LogP contribution in [0.2, 0.25) is 0 Å². The van der Waals surface area contributed by atoms with E-state index in [0.29, 0.717) is 12.5 Å².